The molecule has 1 unspecified atom stereocenters. The van der Waals surface area contributed by atoms with Gasteiger partial charge in [-0.1, -0.05) is 69.5 Å². The van der Waals surface area contributed by atoms with Crippen molar-refractivity contribution in [2.45, 2.75) is 39.5 Å². The van der Waals surface area contributed by atoms with Gasteiger partial charge in [0.15, 0.2) is 0 Å². The normalized spacial score (nSPS) is 12.6. The fraction of sp³-hybridized carbons (Fsp3) is 0.400. The van der Waals surface area contributed by atoms with E-state index in [0.29, 0.717) is 24.0 Å². The van der Waals surface area contributed by atoms with Gasteiger partial charge in [-0.2, -0.15) is 0 Å². The second-order valence-electron chi connectivity index (χ2n) is 6.10. The van der Waals surface area contributed by atoms with E-state index in [4.69, 9.17) is 13.6 Å². The Bertz CT molecular complexity index is 600. The van der Waals surface area contributed by atoms with Crippen molar-refractivity contribution in [1.29, 1.82) is 0 Å². The molecule has 0 aliphatic rings. The first-order chi connectivity index (χ1) is 12.1. The Morgan fingerprint density at radius 1 is 0.880 bits per heavy atom. The number of phosphoric acid groups is 1. The van der Waals surface area contributed by atoms with Gasteiger partial charge in [0.2, 0.25) is 0 Å². The molecule has 1 atom stereocenters. The van der Waals surface area contributed by atoms with Crippen molar-refractivity contribution < 1.29 is 18.1 Å². The summed E-state index contributed by atoms with van der Waals surface area (Å²) in [5.74, 6) is 1.62. The molecule has 0 bridgehead atoms. The topological polar surface area (TPSA) is 44.8 Å². The minimum atomic E-state index is -3.73. The SMILES string of the molecule is CCC(C)CCCCOP(=O)(Oc1ccccc1)Oc1ccccc1. The van der Waals surface area contributed by atoms with Gasteiger partial charge in [-0.05, 0) is 36.6 Å². The monoisotopic (exact) mass is 362 g/mol. The minimum Gasteiger partial charge on any atom is -0.395 e. The van der Waals surface area contributed by atoms with E-state index in [1.807, 2.05) is 36.4 Å². The third kappa shape index (κ3) is 7.33. The average Bonchev–Trinajstić information content (AvgIpc) is 2.62. The first-order valence-electron chi connectivity index (χ1n) is 8.85. The zero-order valence-electron chi connectivity index (χ0n) is 15.0. The lowest BCUT2D eigenvalue weighted by molar-refractivity contribution is 0.204. The number of para-hydroxylation sites is 2. The molecule has 5 heteroatoms. The fourth-order valence-corrected chi connectivity index (χ4v) is 3.52. The smallest absolute Gasteiger partial charge is 0.395 e. The molecule has 0 saturated heterocycles. The molecule has 25 heavy (non-hydrogen) atoms. The quantitative estimate of drug-likeness (QED) is 0.339. The maximum Gasteiger partial charge on any atom is 0.587 e. The van der Waals surface area contributed by atoms with E-state index in [1.54, 1.807) is 24.3 Å². The zero-order valence-corrected chi connectivity index (χ0v) is 15.9. The summed E-state index contributed by atoms with van der Waals surface area (Å²) in [6, 6.07) is 17.9. The first-order valence-corrected chi connectivity index (χ1v) is 10.3. The molecule has 0 radical (unpaired) electrons. The molecule has 2 rings (SSSR count). The van der Waals surface area contributed by atoms with Crippen LogP contribution in [-0.2, 0) is 9.09 Å². The van der Waals surface area contributed by atoms with Crippen LogP contribution in [0.5, 0.6) is 11.5 Å². The minimum absolute atomic E-state index is 0.341. The van der Waals surface area contributed by atoms with Gasteiger partial charge in [0, 0.05) is 0 Å². The number of hydrogen-bond acceptors (Lipinski definition) is 4. The second kappa shape index (κ2) is 10.3. The van der Waals surface area contributed by atoms with Crippen molar-refractivity contribution in [2.24, 2.45) is 5.92 Å². The molecule has 0 heterocycles. The summed E-state index contributed by atoms with van der Waals surface area (Å²) in [7, 11) is -3.73. The largest absolute Gasteiger partial charge is 0.587 e. The van der Waals surface area contributed by atoms with Crippen LogP contribution in [0, 0.1) is 5.92 Å². The standard InChI is InChI=1S/C20H27O4P/c1-3-18(2)12-10-11-17-22-25(21,23-19-13-6-4-7-14-19)24-20-15-8-5-9-16-20/h4-9,13-16,18H,3,10-12,17H2,1-2H3. The summed E-state index contributed by atoms with van der Waals surface area (Å²) in [6.45, 7) is 4.77. The van der Waals surface area contributed by atoms with Crippen LogP contribution in [0.2, 0.25) is 0 Å². The third-order valence-electron chi connectivity index (χ3n) is 3.96. The Labute approximate surface area is 150 Å². The summed E-state index contributed by atoms with van der Waals surface area (Å²) < 4.78 is 29.7. The molecule has 0 saturated carbocycles. The Morgan fingerprint density at radius 3 is 1.88 bits per heavy atom. The fourth-order valence-electron chi connectivity index (χ4n) is 2.27. The van der Waals surface area contributed by atoms with E-state index in [1.165, 1.54) is 6.42 Å². The number of rotatable bonds is 11. The number of unbranched alkanes of at least 4 members (excludes halogenated alkanes) is 1. The molecule has 0 N–H and O–H groups in total. The van der Waals surface area contributed by atoms with E-state index in [9.17, 15) is 4.57 Å². The van der Waals surface area contributed by atoms with Crippen molar-refractivity contribution in [1.82, 2.24) is 0 Å². The molecule has 0 fully saturated rings. The molecule has 0 spiro atoms. The predicted octanol–water partition coefficient (Wildman–Crippen LogP) is 6.49. The maximum atomic E-state index is 13.0. The molecule has 0 aromatic heterocycles. The highest BCUT2D eigenvalue weighted by Gasteiger charge is 2.30. The lowest BCUT2D eigenvalue weighted by atomic mass is 10.0. The van der Waals surface area contributed by atoms with Gasteiger partial charge in [-0.25, -0.2) is 4.57 Å². The van der Waals surface area contributed by atoms with Gasteiger partial charge < -0.3 is 9.05 Å². The highest BCUT2D eigenvalue weighted by Crippen LogP contribution is 2.49. The number of hydrogen-bond donors (Lipinski definition) is 0. The number of phosphoric ester groups is 1. The molecule has 2 aromatic rings. The predicted molar refractivity (Wildman–Crippen MR) is 101 cm³/mol. The molecule has 4 nitrogen and oxygen atoms in total. The maximum absolute atomic E-state index is 13.0. The van der Waals surface area contributed by atoms with Crippen LogP contribution >= 0.6 is 7.82 Å². The molecule has 0 aliphatic carbocycles. The first kappa shape index (κ1) is 19.6. The van der Waals surface area contributed by atoms with Gasteiger partial charge >= 0.3 is 7.82 Å². The molecule has 0 amide bonds. The van der Waals surface area contributed by atoms with Crippen molar-refractivity contribution in [3.8, 4) is 11.5 Å². The Balaban J connectivity index is 1.95. The highest BCUT2D eigenvalue weighted by molar-refractivity contribution is 7.49. The van der Waals surface area contributed by atoms with Gasteiger partial charge in [0.25, 0.3) is 0 Å². The molecular weight excluding hydrogens is 335 g/mol. The van der Waals surface area contributed by atoms with Crippen LogP contribution in [-0.4, -0.2) is 6.61 Å². The summed E-state index contributed by atoms with van der Waals surface area (Å²) in [6.07, 6.45) is 4.17. The zero-order chi connectivity index (χ0) is 18.0. The van der Waals surface area contributed by atoms with Crippen LogP contribution in [0.15, 0.2) is 60.7 Å². The van der Waals surface area contributed by atoms with Crippen LogP contribution in [0.4, 0.5) is 0 Å². The van der Waals surface area contributed by atoms with E-state index in [2.05, 4.69) is 13.8 Å². The Hall–Kier alpha value is -1.77. The van der Waals surface area contributed by atoms with Crippen LogP contribution in [0.3, 0.4) is 0 Å². The molecule has 2 aromatic carbocycles. The summed E-state index contributed by atoms with van der Waals surface area (Å²) in [4.78, 5) is 0. The third-order valence-corrected chi connectivity index (χ3v) is 5.33. The van der Waals surface area contributed by atoms with Gasteiger partial charge in [-0.15, -0.1) is 0 Å². The van der Waals surface area contributed by atoms with Gasteiger partial charge in [0.1, 0.15) is 11.5 Å². The van der Waals surface area contributed by atoms with Gasteiger partial charge in [-0.3, -0.25) is 4.52 Å². The van der Waals surface area contributed by atoms with Crippen LogP contribution in [0.1, 0.15) is 39.5 Å². The van der Waals surface area contributed by atoms with E-state index in [0.717, 1.165) is 19.3 Å². The van der Waals surface area contributed by atoms with E-state index >= 15 is 0 Å². The van der Waals surface area contributed by atoms with Crippen molar-refractivity contribution in [3.63, 3.8) is 0 Å². The summed E-state index contributed by atoms with van der Waals surface area (Å²) in [5, 5.41) is 0. The van der Waals surface area contributed by atoms with Crippen LogP contribution < -0.4 is 9.05 Å². The Morgan fingerprint density at radius 2 is 1.40 bits per heavy atom. The molecule has 136 valence electrons. The van der Waals surface area contributed by atoms with E-state index in [-0.39, 0.29) is 0 Å². The Kier molecular flexibility index (Phi) is 8.03. The van der Waals surface area contributed by atoms with E-state index < -0.39 is 7.82 Å². The van der Waals surface area contributed by atoms with Gasteiger partial charge in [0.05, 0.1) is 6.61 Å². The molecule has 0 aliphatic heterocycles. The summed E-state index contributed by atoms with van der Waals surface area (Å²) >= 11 is 0. The van der Waals surface area contributed by atoms with Crippen molar-refractivity contribution >= 4 is 7.82 Å². The highest BCUT2D eigenvalue weighted by atomic mass is 31.2. The lowest BCUT2D eigenvalue weighted by Gasteiger charge is -2.19. The lowest BCUT2D eigenvalue weighted by Crippen LogP contribution is -2.06. The molecular formula is C20H27O4P. The van der Waals surface area contributed by atoms with Crippen LogP contribution in [0.25, 0.3) is 0 Å². The van der Waals surface area contributed by atoms with Crippen molar-refractivity contribution in [3.05, 3.63) is 60.7 Å². The second-order valence-corrected chi connectivity index (χ2v) is 7.62. The number of benzene rings is 2. The average molecular weight is 362 g/mol. The van der Waals surface area contributed by atoms with Crippen molar-refractivity contribution in [2.75, 3.05) is 6.61 Å². The summed E-state index contributed by atoms with van der Waals surface area (Å²) in [5.41, 5.74) is 0.